The van der Waals surface area contributed by atoms with Crippen LogP contribution in [0.5, 0.6) is 0 Å². The fraction of sp³-hybridized carbons (Fsp3) is 0.278. The number of esters is 1. The van der Waals surface area contributed by atoms with Gasteiger partial charge in [-0.2, -0.15) is 0 Å². The fourth-order valence-corrected chi connectivity index (χ4v) is 3.28. The van der Waals surface area contributed by atoms with E-state index in [0.29, 0.717) is 13.0 Å². The summed E-state index contributed by atoms with van der Waals surface area (Å²) in [6.45, 7) is 0.439. The van der Waals surface area contributed by atoms with Crippen LogP contribution in [-0.4, -0.2) is 17.0 Å². The van der Waals surface area contributed by atoms with E-state index in [4.69, 9.17) is 4.74 Å². The zero-order chi connectivity index (χ0) is 14.7. The minimum absolute atomic E-state index is 0.0893. The Morgan fingerprint density at radius 1 is 1.00 bits per heavy atom. The molecule has 0 spiro atoms. The quantitative estimate of drug-likeness (QED) is 0.424. The van der Waals surface area contributed by atoms with E-state index in [9.17, 15) is 4.79 Å². The molecular formula is C18H17IO2. The Morgan fingerprint density at radius 3 is 2.14 bits per heavy atom. The standard InChI is InChI=1S/C18H17IO2/c19-11-5-10-18(20)21-12-17-15-8-3-1-6-13(15)14-7-2-4-9-16(14)17/h1-4,6-9,17H,5,10-12H2. The highest BCUT2D eigenvalue weighted by Gasteiger charge is 2.28. The minimum atomic E-state index is -0.0893. The van der Waals surface area contributed by atoms with E-state index in [-0.39, 0.29) is 11.9 Å². The summed E-state index contributed by atoms with van der Waals surface area (Å²) in [7, 11) is 0. The highest BCUT2D eigenvalue weighted by atomic mass is 127. The average Bonchev–Trinajstić information content (AvgIpc) is 2.85. The third-order valence-electron chi connectivity index (χ3n) is 3.89. The molecular weight excluding hydrogens is 375 g/mol. The van der Waals surface area contributed by atoms with Gasteiger partial charge in [-0.3, -0.25) is 4.79 Å². The second-order valence-electron chi connectivity index (χ2n) is 5.20. The van der Waals surface area contributed by atoms with E-state index in [1.165, 1.54) is 22.3 Å². The van der Waals surface area contributed by atoms with Crippen molar-refractivity contribution in [2.24, 2.45) is 0 Å². The monoisotopic (exact) mass is 392 g/mol. The number of halogens is 1. The van der Waals surface area contributed by atoms with Gasteiger partial charge in [-0.1, -0.05) is 71.1 Å². The third-order valence-corrected chi connectivity index (χ3v) is 4.65. The maximum atomic E-state index is 11.8. The topological polar surface area (TPSA) is 26.3 Å². The van der Waals surface area contributed by atoms with Crippen LogP contribution in [0.4, 0.5) is 0 Å². The highest BCUT2D eigenvalue weighted by Crippen LogP contribution is 2.44. The molecule has 0 saturated carbocycles. The zero-order valence-electron chi connectivity index (χ0n) is 11.7. The van der Waals surface area contributed by atoms with E-state index in [2.05, 4.69) is 71.1 Å². The van der Waals surface area contributed by atoms with Gasteiger partial charge >= 0.3 is 5.97 Å². The number of rotatable bonds is 5. The molecule has 1 aliphatic carbocycles. The molecule has 0 amide bonds. The minimum Gasteiger partial charge on any atom is -0.465 e. The van der Waals surface area contributed by atoms with Crippen molar-refractivity contribution >= 4 is 28.6 Å². The summed E-state index contributed by atoms with van der Waals surface area (Å²) in [5.41, 5.74) is 5.06. The average molecular weight is 392 g/mol. The lowest BCUT2D eigenvalue weighted by Gasteiger charge is -2.14. The largest absolute Gasteiger partial charge is 0.465 e. The Kier molecular flexibility index (Phi) is 4.58. The van der Waals surface area contributed by atoms with Crippen molar-refractivity contribution in [1.29, 1.82) is 0 Å². The summed E-state index contributed by atoms with van der Waals surface area (Å²) in [5, 5.41) is 0. The second-order valence-corrected chi connectivity index (χ2v) is 6.28. The first-order chi connectivity index (χ1) is 10.3. The Morgan fingerprint density at radius 2 is 1.57 bits per heavy atom. The molecule has 1 aliphatic rings. The molecule has 3 heteroatoms. The van der Waals surface area contributed by atoms with E-state index in [1.807, 2.05) is 0 Å². The molecule has 0 fully saturated rings. The van der Waals surface area contributed by atoms with Crippen molar-refractivity contribution in [3.05, 3.63) is 59.7 Å². The molecule has 2 aromatic carbocycles. The van der Waals surface area contributed by atoms with E-state index in [1.54, 1.807) is 0 Å². The third kappa shape index (κ3) is 2.98. The Bertz CT molecular complexity index is 606. The molecule has 2 nitrogen and oxygen atoms in total. The predicted molar refractivity (Wildman–Crippen MR) is 92.8 cm³/mol. The summed E-state index contributed by atoms with van der Waals surface area (Å²) in [6.07, 6.45) is 1.40. The summed E-state index contributed by atoms with van der Waals surface area (Å²) in [6, 6.07) is 16.8. The molecule has 0 unspecified atom stereocenters. The van der Waals surface area contributed by atoms with Gasteiger partial charge in [-0.25, -0.2) is 0 Å². The number of ether oxygens (including phenoxy) is 1. The van der Waals surface area contributed by atoms with E-state index >= 15 is 0 Å². The van der Waals surface area contributed by atoms with Crippen molar-refractivity contribution in [2.75, 3.05) is 11.0 Å². The molecule has 0 N–H and O–H groups in total. The molecule has 0 aromatic heterocycles. The molecule has 0 saturated heterocycles. The van der Waals surface area contributed by atoms with Crippen molar-refractivity contribution in [1.82, 2.24) is 0 Å². The maximum absolute atomic E-state index is 11.8. The summed E-state index contributed by atoms with van der Waals surface area (Å²) < 4.78 is 6.49. The number of carbonyl (C=O) groups excluding carboxylic acids is 1. The van der Waals surface area contributed by atoms with Crippen LogP contribution in [0, 0.1) is 0 Å². The second kappa shape index (κ2) is 6.60. The van der Waals surface area contributed by atoms with Crippen LogP contribution in [-0.2, 0) is 9.53 Å². The first-order valence-corrected chi connectivity index (χ1v) is 8.73. The lowest BCUT2D eigenvalue weighted by atomic mass is 9.98. The number of hydrogen-bond donors (Lipinski definition) is 0. The van der Waals surface area contributed by atoms with Gasteiger partial charge in [0.1, 0.15) is 6.61 Å². The summed E-state index contributed by atoms with van der Waals surface area (Å²) in [5.74, 6) is 0.0782. The van der Waals surface area contributed by atoms with Crippen LogP contribution in [0.15, 0.2) is 48.5 Å². The molecule has 3 rings (SSSR count). The molecule has 0 bridgehead atoms. The molecule has 108 valence electrons. The van der Waals surface area contributed by atoms with E-state index in [0.717, 1.165) is 10.8 Å². The molecule has 21 heavy (non-hydrogen) atoms. The number of benzene rings is 2. The maximum Gasteiger partial charge on any atom is 0.305 e. The van der Waals surface area contributed by atoms with Crippen molar-refractivity contribution in [3.8, 4) is 11.1 Å². The predicted octanol–water partition coefficient (Wildman–Crippen LogP) is 4.56. The van der Waals surface area contributed by atoms with Crippen LogP contribution in [0.2, 0.25) is 0 Å². The fourth-order valence-electron chi connectivity index (χ4n) is 2.90. The first-order valence-electron chi connectivity index (χ1n) is 7.21. The number of alkyl halides is 1. The first kappa shape index (κ1) is 14.6. The summed E-state index contributed by atoms with van der Waals surface area (Å²) >= 11 is 2.28. The number of hydrogen-bond acceptors (Lipinski definition) is 2. The Balaban J connectivity index is 1.81. The molecule has 0 heterocycles. The lowest BCUT2D eigenvalue weighted by molar-refractivity contribution is -0.143. The van der Waals surface area contributed by atoms with Crippen LogP contribution < -0.4 is 0 Å². The van der Waals surface area contributed by atoms with Crippen LogP contribution in [0.25, 0.3) is 11.1 Å². The number of carbonyl (C=O) groups is 1. The molecule has 2 aromatic rings. The van der Waals surface area contributed by atoms with Crippen molar-refractivity contribution < 1.29 is 9.53 Å². The van der Waals surface area contributed by atoms with Gasteiger partial charge in [-0.05, 0) is 28.7 Å². The van der Waals surface area contributed by atoms with Gasteiger partial charge in [-0.15, -0.1) is 0 Å². The van der Waals surface area contributed by atoms with Gasteiger partial charge < -0.3 is 4.74 Å². The van der Waals surface area contributed by atoms with E-state index < -0.39 is 0 Å². The number of fused-ring (bicyclic) bond motifs is 3. The van der Waals surface area contributed by atoms with Gasteiger partial charge in [0.05, 0.1) is 0 Å². The molecule has 0 radical (unpaired) electrons. The van der Waals surface area contributed by atoms with Crippen molar-refractivity contribution in [2.45, 2.75) is 18.8 Å². The normalized spacial score (nSPS) is 12.8. The highest BCUT2D eigenvalue weighted by molar-refractivity contribution is 14.1. The zero-order valence-corrected chi connectivity index (χ0v) is 13.9. The molecule has 0 aliphatic heterocycles. The van der Waals surface area contributed by atoms with Gasteiger partial charge in [0.2, 0.25) is 0 Å². The van der Waals surface area contributed by atoms with Gasteiger partial charge in [0.25, 0.3) is 0 Å². The SMILES string of the molecule is O=C(CCCI)OCC1c2ccccc2-c2ccccc21. The smallest absolute Gasteiger partial charge is 0.305 e. The summed E-state index contributed by atoms with van der Waals surface area (Å²) in [4.78, 5) is 11.8. The molecule has 0 atom stereocenters. The van der Waals surface area contributed by atoms with Crippen LogP contribution in [0.1, 0.15) is 29.9 Å². The van der Waals surface area contributed by atoms with Gasteiger partial charge in [0, 0.05) is 16.8 Å². The Hall–Kier alpha value is -1.36. The van der Waals surface area contributed by atoms with Crippen LogP contribution in [0.3, 0.4) is 0 Å². The lowest BCUT2D eigenvalue weighted by Crippen LogP contribution is -2.12. The van der Waals surface area contributed by atoms with Crippen molar-refractivity contribution in [3.63, 3.8) is 0 Å². The van der Waals surface area contributed by atoms with Crippen LogP contribution >= 0.6 is 22.6 Å². The Labute approximate surface area is 138 Å². The van der Waals surface area contributed by atoms with Gasteiger partial charge in [0.15, 0.2) is 0 Å².